The summed E-state index contributed by atoms with van der Waals surface area (Å²) in [5.41, 5.74) is 5.67. The largest absolute Gasteiger partial charge is 0.444 e. The molecule has 0 radical (unpaired) electrons. The molecule has 7 nitrogen and oxygen atoms in total. The topological polar surface area (TPSA) is 76.5 Å². The third kappa shape index (κ3) is 6.16. The Morgan fingerprint density at radius 1 is 1.00 bits per heavy atom. The minimum absolute atomic E-state index is 0.0454. The Morgan fingerprint density at radius 3 is 2.32 bits per heavy atom. The van der Waals surface area contributed by atoms with Gasteiger partial charge in [-0.2, -0.15) is 5.10 Å². The third-order valence-corrected chi connectivity index (χ3v) is 7.00. The molecule has 1 aliphatic rings. The van der Waals surface area contributed by atoms with E-state index >= 15 is 0 Å². The minimum Gasteiger partial charge on any atom is -0.444 e. The Morgan fingerprint density at radius 2 is 1.68 bits per heavy atom. The van der Waals surface area contributed by atoms with Crippen molar-refractivity contribution < 1.29 is 14.3 Å². The molecule has 1 saturated heterocycles. The fraction of sp³-hybridized carbons (Fsp3) is 0.414. The summed E-state index contributed by atoms with van der Waals surface area (Å²) in [6.45, 7) is 12.8. The van der Waals surface area contributed by atoms with Crippen molar-refractivity contribution in [3.05, 3.63) is 75.6 Å². The molecule has 0 unspecified atom stereocenters. The van der Waals surface area contributed by atoms with Gasteiger partial charge in [0.2, 0.25) is 0 Å². The molecule has 1 fully saturated rings. The predicted octanol–water partition coefficient (Wildman–Crippen LogP) is 6.82. The number of likely N-dealkylation sites (tertiary alicyclic amines) is 1. The number of halogens is 1. The first-order valence-corrected chi connectivity index (χ1v) is 13.0. The van der Waals surface area contributed by atoms with Gasteiger partial charge in [-0.05, 0) is 95.3 Å². The number of rotatable bonds is 4. The summed E-state index contributed by atoms with van der Waals surface area (Å²) in [5, 5.41) is 8.24. The standard InChI is InChI=1S/C29H35ClN4O3/c1-18-8-10-23(15-20(18)3)34-26(21-11-13-33(14-12-21)28(36)37-29(4,5)6)24(17-31-34)27(35)32-25-16-22(30)9-7-19(25)2/h7-10,15-17,21H,11-14H2,1-6H3,(H,32,35). The van der Waals surface area contributed by atoms with Crippen molar-refractivity contribution >= 4 is 29.3 Å². The first kappa shape index (κ1) is 26.7. The van der Waals surface area contributed by atoms with Crippen LogP contribution in [0.4, 0.5) is 10.5 Å². The molecule has 37 heavy (non-hydrogen) atoms. The van der Waals surface area contributed by atoms with Crippen LogP contribution < -0.4 is 5.32 Å². The molecule has 1 N–H and O–H groups in total. The number of aryl methyl sites for hydroxylation is 3. The van der Waals surface area contributed by atoms with Crippen molar-refractivity contribution in [2.75, 3.05) is 18.4 Å². The second kappa shape index (κ2) is 10.6. The number of carbonyl (C=O) groups excluding carboxylic acids is 2. The van der Waals surface area contributed by atoms with Crippen LogP contribution in [0.25, 0.3) is 5.69 Å². The van der Waals surface area contributed by atoms with Gasteiger partial charge in [0.1, 0.15) is 5.60 Å². The fourth-order valence-electron chi connectivity index (χ4n) is 4.57. The van der Waals surface area contributed by atoms with Crippen LogP contribution in [0, 0.1) is 20.8 Å². The Bertz CT molecular complexity index is 1320. The van der Waals surface area contributed by atoms with E-state index in [1.54, 1.807) is 23.2 Å². The maximum Gasteiger partial charge on any atom is 0.410 e. The zero-order valence-corrected chi connectivity index (χ0v) is 23.1. The van der Waals surface area contributed by atoms with Crippen molar-refractivity contribution in [2.45, 2.75) is 65.9 Å². The molecule has 1 aromatic heterocycles. The number of nitrogens with zero attached hydrogens (tertiary/aromatic N) is 3. The Hall–Kier alpha value is -3.32. The van der Waals surface area contributed by atoms with Crippen LogP contribution >= 0.6 is 11.6 Å². The summed E-state index contributed by atoms with van der Waals surface area (Å²) in [5.74, 6) is -0.186. The van der Waals surface area contributed by atoms with Crippen molar-refractivity contribution in [3.8, 4) is 5.69 Å². The van der Waals surface area contributed by atoms with Gasteiger partial charge in [0.05, 0.1) is 23.1 Å². The highest BCUT2D eigenvalue weighted by molar-refractivity contribution is 6.31. The molecule has 0 spiro atoms. The van der Waals surface area contributed by atoms with Gasteiger partial charge in [0, 0.05) is 29.7 Å². The van der Waals surface area contributed by atoms with E-state index < -0.39 is 5.60 Å². The number of aromatic nitrogens is 2. The first-order valence-electron chi connectivity index (χ1n) is 12.6. The number of amides is 2. The van der Waals surface area contributed by atoms with Gasteiger partial charge in [-0.15, -0.1) is 0 Å². The zero-order chi connectivity index (χ0) is 26.9. The number of hydrogen-bond donors (Lipinski definition) is 1. The summed E-state index contributed by atoms with van der Waals surface area (Å²) in [6, 6.07) is 11.6. The molecule has 0 bridgehead atoms. The molecule has 3 aromatic rings. The van der Waals surface area contributed by atoms with Crippen LogP contribution in [0.1, 0.15) is 72.3 Å². The maximum atomic E-state index is 13.5. The molecular weight excluding hydrogens is 488 g/mol. The third-order valence-electron chi connectivity index (χ3n) is 6.77. The first-order chi connectivity index (χ1) is 17.4. The van der Waals surface area contributed by atoms with E-state index in [-0.39, 0.29) is 17.9 Å². The lowest BCUT2D eigenvalue weighted by molar-refractivity contribution is 0.0203. The second-order valence-corrected chi connectivity index (χ2v) is 11.2. The van der Waals surface area contributed by atoms with Crippen LogP contribution in [0.5, 0.6) is 0 Å². The quantitative estimate of drug-likeness (QED) is 0.408. The molecule has 0 aliphatic carbocycles. The number of piperidine rings is 1. The molecule has 2 aromatic carbocycles. The second-order valence-electron chi connectivity index (χ2n) is 10.8. The molecule has 2 amide bonds. The number of anilines is 1. The maximum absolute atomic E-state index is 13.5. The molecule has 1 aliphatic heterocycles. The van der Waals surface area contributed by atoms with Gasteiger partial charge in [-0.3, -0.25) is 4.79 Å². The van der Waals surface area contributed by atoms with Gasteiger partial charge < -0.3 is 15.0 Å². The summed E-state index contributed by atoms with van der Waals surface area (Å²) in [7, 11) is 0. The molecule has 8 heteroatoms. The highest BCUT2D eigenvalue weighted by atomic mass is 35.5. The summed E-state index contributed by atoms with van der Waals surface area (Å²) in [4.78, 5) is 27.9. The summed E-state index contributed by atoms with van der Waals surface area (Å²) >= 11 is 6.18. The number of hydrogen-bond acceptors (Lipinski definition) is 4. The van der Waals surface area contributed by atoms with E-state index in [9.17, 15) is 9.59 Å². The lowest BCUT2D eigenvalue weighted by atomic mass is 9.90. The molecular formula is C29H35ClN4O3. The van der Waals surface area contributed by atoms with Crippen molar-refractivity contribution in [2.24, 2.45) is 0 Å². The van der Waals surface area contributed by atoms with Gasteiger partial charge in [-0.25, -0.2) is 9.48 Å². The number of carbonyl (C=O) groups is 2. The van der Waals surface area contributed by atoms with Gasteiger partial charge in [0.15, 0.2) is 0 Å². The number of ether oxygens (including phenoxy) is 1. The van der Waals surface area contributed by atoms with Crippen LogP contribution in [0.15, 0.2) is 42.6 Å². The molecule has 0 atom stereocenters. The minimum atomic E-state index is -0.542. The molecule has 2 heterocycles. The normalized spacial score (nSPS) is 14.5. The molecule has 0 saturated carbocycles. The lowest BCUT2D eigenvalue weighted by Crippen LogP contribution is -2.41. The van der Waals surface area contributed by atoms with E-state index in [1.807, 2.05) is 44.5 Å². The fourth-order valence-corrected chi connectivity index (χ4v) is 4.74. The predicted molar refractivity (Wildman–Crippen MR) is 147 cm³/mol. The molecule has 196 valence electrons. The van der Waals surface area contributed by atoms with E-state index in [0.717, 1.165) is 22.5 Å². The monoisotopic (exact) mass is 522 g/mol. The number of benzene rings is 2. The highest BCUT2D eigenvalue weighted by Gasteiger charge is 2.32. The van der Waals surface area contributed by atoms with Gasteiger partial charge in [-0.1, -0.05) is 23.7 Å². The van der Waals surface area contributed by atoms with Crippen molar-refractivity contribution in [1.82, 2.24) is 14.7 Å². The van der Waals surface area contributed by atoms with E-state index in [0.29, 0.717) is 42.2 Å². The van der Waals surface area contributed by atoms with Gasteiger partial charge in [0.25, 0.3) is 5.91 Å². The Balaban J connectivity index is 1.66. The SMILES string of the molecule is Cc1ccc(-n2ncc(C(=O)Nc3cc(Cl)ccc3C)c2C2CCN(C(=O)OC(C)(C)C)CC2)cc1C. The summed E-state index contributed by atoms with van der Waals surface area (Å²) < 4.78 is 7.44. The zero-order valence-electron chi connectivity index (χ0n) is 22.4. The van der Waals surface area contributed by atoms with Gasteiger partial charge >= 0.3 is 6.09 Å². The van der Waals surface area contributed by atoms with Crippen LogP contribution in [0.3, 0.4) is 0 Å². The van der Waals surface area contributed by atoms with E-state index in [1.165, 1.54) is 5.56 Å². The number of nitrogens with one attached hydrogen (secondary N) is 1. The van der Waals surface area contributed by atoms with Crippen LogP contribution in [-0.2, 0) is 4.74 Å². The van der Waals surface area contributed by atoms with Crippen LogP contribution in [-0.4, -0.2) is 45.4 Å². The van der Waals surface area contributed by atoms with E-state index in [4.69, 9.17) is 16.3 Å². The highest BCUT2D eigenvalue weighted by Crippen LogP contribution is 2.34. The average Bonchev–Trinajstić information content (AvgIpc) is 3.27. The molecule has 4 rings (SSSR count). The van der Waals surface area contributed by atoms with E-state index in [2.05, 4.69) is 36.4 Å². The summed E-state index contributed by atoms with van der Waals surface area (Å²) in [6.07, 6.45) is 2.74. The van der Waals surface area contributed by atoms with Crippen molar-refractivity contribution in [3.63, 3.8) is 0 Å². The Kier molecular flexibility index (Phi) is 7.64. The Labute approximate surface area is 223 Å². The van der Waals surface area contributed by atoms with Crippen molar-refractivity contribution in [1.29, 1.82) is 0 Å². The average molecular weight is 523 g/mol. The lowest BCUT2D eigenvalue weighted by Gasteiger charge is -2.34. The smallest absolute Gasteiger partial charge is 0.410 e. The van der Waals surface area contributed by atoms with Crippen LogP contribution in [0.2, 0.25) is 5.02 Å².